The van der Waals surface area contributed by atoms with Gasteiger partial charge in [-0.15, -0.1) is 0 Å². The van der Waals surface area contributed by atoms with Gasteiger partial charge in [-0.3, -0.25) is 4.79 Å². The molecule has 3 atom stereocenters. The quantitative estimate of drug-likeness (QED) is 0.528. The zero-order valence-corrected chi connectivity index (χ0v) is 18.5. The third kappa shape index (κ3) is 3.28. The zero-order valence-electron chi connectivity index (χ0n) is 16.9. The monoisotopic (exact) mass is 483 g/mol. The molecular formula is C24H22BrNO5. The number of halogens is 1. The summed E-state index contributed by atoms with van der Waals surface area (Å²) >= 11 is 3.51. The van der Waals surface area contributed by atoms with Gasteiger partial charge in [0.05, 0.1) is 12.7 Å². The first-order valence-electron chi connectivity index (χ1n) is 9.86. The lowest BCUT2D eigenvalue weighted by Gasteiger charge is -2.40. The Morgan fingerprint density at radius 3 is 2.45 bits per heavy atom. The predicted octanol–water partition coefficient (Wildman–Crippen LogP) is 4.61. The summed E-state index contributed by atoms with van der Waals surface area (Å²) in [6, 6.07) is 22.0. The highest BCUT2D eigenvalue weighted by atomic mass is 79.9. The van der Waals surface area contributed by atoms with Gasteiger partial charge in [0.15, 0.2) is 5.60 Å². The van der Waals surface area contributed by atoms with Crippen LogP contribution in [-0.2, 0) is 16.0 Å². The minimum absolute atomic E-state index is 0.0000652. The summed E-state index contributed by atoms with van der Waals surface area (Å²) in [4.78, 5) is 12.9. The average molecular weight is 484 g/mol. The molecule has 1 saturated carbocycles. The van der Waals surface area contributed by atoms with E-state index in [-0.39, 0.29) is 12.4 Å². The maximum atomic E-state index is 12.0. The third-order valence-electron chi connectivity index (χ3n) is 6.12. The molecule has 0 saturated heterocycles. The van der Waals surface area contributed by atoms with Crippen molar-refractivity contribution in [2.24, 2.45) is 0 Å². The Morgan fingerprint density at radius 2 is 1.81 bits per heavy atom. The van der Waals surface area contributed by atoms with E-state index in [4.69, 9.17) is 19.4 Å². The van der Waals surface area contributed by atoms with E-state index in [9.17, 15) is 5.11 Å². The Kier molecular flexibility index (Phi) is 5.73. The first-order valence-corrected chi connectivity index (χ1v) is 10.6. The molecule has 1 aliphatic heterocycles. The average Bonchev–Trinajstić information content (AvgIpc) is 3.22. The summed E-state index contributed by atoms with van der Waals surface area (Å²) in [6.45, 7) is -0.250. The Bertz CT molecular complexity index is 1080. The van der Waals surface area contributed by atoms with Crippen molar-refractivity contribution in [3.8, 4) is 11.8 Å². The Labute approximate surface area is 188 Å². The van der Waals surface area contributed by atoms with Crippen LogP contribution in [0.2, 0.25) is 0 Å². The van der Waals surface area contributed by atoms with Crippen molar-refractivity contribution >= 4 is 22.4 Å². The number of ether oxygens (including phenoxy) is 2. The van der Waals surface area contributed by atoms with E-state index in [1.807, 2.05) is 48.5 Å². The van der Waals surface area contributed by atoms with Gasteiger partial charge in [0, 0.05) is 16.5 Å². The van der Waals surface area contributed by atoms with E-state index in [1.165, 1.54) is 0 Å². The molecule has 3 unspecified atom stereocenters. The van der Waals surface area contributed by atoms with Crippen LogP contribution in [0, 0.1) is 0 Å². The number of pyridine rings is 1. The standard InChI is InChI=1S/C23H20BrNO3.CH2O2/c1-27-20-12-11-19-21(25-20)28-23(16-7-9-17(24)10-8-16)18(13-14-22(19,23)26)15-5-3-2-4-6-15;2-1-3/h2-12,18,26H,13-14H2,1H3;1H,(H,2,3). The molecule has 1 aromatic heterocycles. The molecule has 2 N–H and O–H groups in total. The number of carbonyl (C=O) groups is 1. The second-order valence-corrected chi connectivity index (χ2v) is 8.43. The number of rotatable bonds is 3. The van der Waals surface area contributed by atoms with Gasteiger partial charge in [-0.1, -0.05) is 58.4 Å². The molecule has 2 heterocycles. The SMILES string of the molecule is COc1ccc2c(n1)OC1(c3ccc(Br)cc3)C(c3ccccc3)CCC21O.O=CO. The van der Waals surface area contributed by atoms with Crippen molar-refractivity contribution in [1.29, 1.82) is 0 Å². The lowest BCUT2D eigenvalue weighted by molar-refractivity contribution is -0.122. The molecule has 2 aromatic carbocycles. The van der Waals surface area contributed by atoms with Crippen LogP contribution in [0.4, 0.5) is 0 Å². The Hall–Kier alpha value is -2.90. The van der Waals surface area contributed by atoms with Gasteiger partial charge in [0.25, 0.3) is 6.47 Å². The van der Waals surface area contributed by atoms with Crippen molar-refractivity contribution in [1.82, 2.24) is 4.98 Å². The second kappa shape index (κ2) is 8.32. The topological polar surface area (TPSA) is 88.9 Å². The zero-order chi connectivity index (χ0) is 22.1. The van der Waals surface area contributed by atoms with Crippen molar-refractivity contribution in [2.45, 2.75) is 30.0 Å². The minimum atomic E-state index is -1.16. The van der Waals surface area contributed by atoms with Gasteiger partial charge >= 0.3 is 0 Å². The van der Waals surface area contributed by atoms with Crippen LogP contribution in [0.25, 0.3) is 0 Å². The minimum Gasteiger partial charge on any atom is -0.483 e. The van der Waals surface area contributed by atoms with E-state index in [0.29, 0.717) is 18.2 Å². The molecule has 6 nitrogen and oxygen atoms in total. The summed E-state index contributed by atoms with van der Waals surface area (Å²) in [5, 5.41) is 18.9. The highest BCUT2D eigenvalue weighted by Gasteiger charge is 2.68. The fraction of sp³-hybridized carbons (Fsp3) is 0.250. The number of methoxy groups -OCH3 is 1. The first-order chi connectivity index (χ1) is 15.0. The number of aliphatic hydroxyl groups is 1. The van der Waals surface area contributed by atoms with Crippen LogP contribution in [0.15, 0.2) is 71.2 Å². The number of hydrogen-bond donors (Lipinski definition) is 2. The van der Waals surface area contributed by atoms with Crippen LogP contribution in [0.3, 0.4) is 0 Å². The lowest BCUT2D eigenvalue weighted by atomic mass is 9.72. The summed E-state index contributed by atoms with van der Waals surface area (Å²) < 4.78 is 12.9. The molecule has 2 aliphatic rings. The molecule has 3 aromatic rings. The van der Waals surface area contributed by atoms with Gasteiger partial charge in [-0.05, 0) is 42.2 Å². The first kappa shape index (κ1) is 21.3. The molecule has 5 rings (SSSR count). The molecule has 1 aliphatic carbocycles. The molecule has 1 fully saturated rings. The third-order valence-corrected chi connectivity index (χ3v) is 6.65. The maximum Gasteiger partial charge on any atom is 0.290 e. The second-order valence-electron chi connectivity index (χ2n) is 7.52. The van der Waals surface area contributed by atoms with Gasteiger partial charge in [0.2, 0.25) is 11.8 Å². The van der Waals surface area contributed by atoms with Crippen LogP contribution in [-0.4, -0.2) is 28.8 Å². The predicted molar refractivity (Wildman–Crippen MR) is 118 cm³/mol. The largest absolute Gasteiger partial charge is 0.483 e. The number of aromatic nitrogens is 1. The van der Waals surface area contributed by atoms with Gasteiger partial charge < -0.3 is 19.7 Å². The van der Waals surface area contributed by atoms with Gasteiger partial charge in [-0.25, -0.2) is 0 Å². The number of carboxylic acid groups (broad SMARTS) is 1. The normalized spacial score (nSPS) is 25.5. The maximum absolute atomic E-state index is 12.0. The Morgan fingerprint density at radius 1 is 1.13 bits per heavy atom. The van der Waals surface area contributed by atoms with E-state index in [1.54, 1.807) is 13.2 Å². The van der Waals surface area contributed by atoms with Crippen LogP contribution in [0.1, 0.15) is 35.4 Å². The molecule has 160 valence electrons. The molecule has 7 heteroatoms. The summed E-state index contributed by atoms with van der Waals surface area (Å²) in [7, 11) is 1.58. The highest BCUT2D eigenvalue weighted by molar-refractivity contribution is 9.10. The fourth-order valence-electron chi connectivity index (χ4n) is 4.89. The number of nitrogens with zero attached hydrogens (tertiary/aromatic N) is 1. The van der Waals surface area contributed by atoms with Crippen LogP contribution in [0.5, 0.6) is 11.8 Å². The van der Waals surface area contributed by atoms with Crippen molar-refractivity contribution in [3.05, 3.63) is 87.9 Å². The molecular weight excluding hydrogens is 462 g/mol. The van der Waals surface area contributed by atoms with Crippen molar-refractivity contribution in [3.63, 3.8) is 0 Å². The molecule has 0 bridgehead atoms. The molecule has 0 radical (unpaired) electrons. The lowest BCUT2D eigenvalue weighted by Crippen LogP contribution is -2.48. The molecule has 0 amide bonds. The van der Waals surface area contributed by atoms with Gasteiger partial charge in [0.1, 0.15) is 5.60 Å². The molecule has 0 spiro atoms. The van der Waals surface area contributed by atoms with E-state index in [0.717, 1.165) is 27.6 Å². The van der Waals surface area contributed by atoms with Crippen LogP contribution >= 0.6 is 15.9 Å². The van der Waals surface area contributed by atoms with E-state index >= 15 is 0 Å². The molecule has 31 heavy (non-hydrogen) atoms. The van der Waals surface area contributed by atoms with Crippen LogP contribution < -0.4 is 9.47 Å². The fourth-order valence-corrected chi connectivity index (χ4v) is 5.15. The summed E-state index contributed by atoms with van der Waals surface area (Å²) in [5.74, 6) is 0.926. The number of hydrogen-bond acceptors (Lipinski definition) is 5. The van der Waals surface area contributed by atoms with E-state index < -0.39 is 11.2 Å². The summed E-state index contributed by atoms with van der Waals surface area (Å²) in [5.41, 5.74) is 0.740. The van der Waals surface area contributed by atoms with E-state index in [2.05, 4.69) is 33.0 Å². The summed E-state index contributed by atoms with van der Waals surface area (Å²) in [6.07, 6.45) is 1.42. The van der Waals surface area contributed by atoms with Crippen molar-refractivity contribution in [2.75, 3.05) is 7.11 Å². The van der Waals surface area contributed by atoms with Gasteiger partial charge in [-0.2, -0.15) is 4.98 Å². The highest BCUT2D eigenvalue weighted by Crippen LogP contribution is 2.66. The Balaban J connectivity index is 0.000000730. The van der Waals surface area contributed by atoms with Crippen molar-refractivity contribution < 1.29 is 24.5 Å². The number of fused-ring (bicyclic) bond motifs is 3. The smallest absolute Gasteiger partial charge is 0.290 e. The number of benzene rings is 2.